The summed E-state index contributed by atoms with van der Waals surface area (Å²) in [5.74, 6) is 0. The summed E-state index contributed by atoms with van der Waals surface area (Å²) in [6.07, 6.45) is 7.27. The molecule has 16 heavy (non-hydrogen) atoms. The number of imidazole rings is 1. The minimum atomic E-state index is 0.448. The van der Waals surface area contributed by atoms with E-state index in [1.165, 1.54) is 19.3 Å². The molecule has 86 valence electrons. The maximum Gasteiger partial charge on any atom is 0.178 e. The number of aromatic amines is 1. The molecule has 2 heterocycles. The van der Waals surface area contributed by atoms with Crippen LogP contribution < -0.4 is 0 Å². The minimum Gasteiger partial charge on any atom is -0.329 e. The Morgan fingerprint density at radius 3 is 3.12 bits per heavy atom. The first-order valence-electron chi connectivity index (χ1n) is 5.78. The second-order valence-electron chi connectivity index (χ2n) is 4.18. The van der Waals surface area contributed by atoms with E-state index in [0.717, 1.165) is 15.8 Å². The first-order valence-corrected chi connectivity index (χ1v) is 6.19. The summed E-state index contributed by atoms with van der Waals surface area (Å²) in [4.78, 5) is 7.30. The average molecular weight is 235 g/mol. The number of nitrogens with zero attached hydrogens (tertiary/aromatic N) is 2. The molecule has 0 aliphatic rings. The van der Waals surface area contributed by atoms with Crippen LogP contribution >= 0.6 is 12.2 Å². The fraction of sp³-hybridized carbons (Fsp3) is 0.500. The molecule has 0 aliphatic heterocycles. The second-order valence-corrected chi connectivity index (χ2v) is 4.57. The first kappa shape index (κ1) is 11.3. The van der Waals surface area contributed by atoms with Crippen LogP contribution in [0.15, 0.2) is 18.5 Å². The van der Waals surface area contributed by atoms with E-state index >= 15 is 0 Å². The normalized spacial score (nSPS) is 13.1. The van der Waals surface area contributed by atoms with Crippen LogP contribution in [0.5, 0.6) is 0 Å². The van der Waals surface area contributed by atoms with E-state index in [9.17, 15) is 0 Å². The number of nitrogens with one attached hydrogen (secondary N) is 1. The van der Waals surface area contributed by atoms with Crippen LogP contribution in [-0.4, -0.2) is 14.5 Å². The van der Waals surface area contributed by atoms with Gasteiger partial charge in [0.2, 0.25) is 0 Å². The lowest BCUT2D eigenvalue weighted by Gasteiger charge is -2.13. The molecular weight excluding hydrogens is 218 g/mol. The van der Waals surface area contributed by atoms with Crippen molar-refractivity contribution in [3.05, 3.63) is 23.2 Å². The molecule has 1 unspecified atom stereocenters. The molecule has 0 spiro atoms. The van der Waals surface area contributed by atoms with Gasteiger partial charge in [-0.05, 0) is 31.6 Å². The highest BCUT2D eigenvalue weighted by Crippen LogP contribution is 2.21. The average Bonchev–Trinajstić information content (AvgIpc) is 2.62. The number of aromatic nitrogens is 3. The van der Waals surface area contributed by atoms with Crippen LogP contribution in [0.4, 0.5) is 0 Å². The van der Waals surface area contributed by atoms with Crippen LogP contribution in [0.1, 0.15) is 39.2 Å². The fourth-order valence-electron chi connectivity index (χ4n) is 2.04. The third kappa shape index (κ3) is 2.02. The molecular formula is C12H17N3S. The van der Waals surface area contributed by atoms with Crippen molar-refractivity contribution in [2.45, 2.75) is 39.2 Å². The number of H-pyrrole nitrogens is 1. The molecule has 2 aromatic heterocycles. The SMILES string of the molecule is CCCCC(C)n1c(=S)[nH]c2cnccc21. The zero-order valence-electron chi connectivity index (χ0n) is 9.73. The third-order valence-corrected chi connectivity index (χ3v) is 3.23. The summed E-state index contributed by atoms with van der Waals surface area (Å²) in [6, 6.07) is 2.47. The summed E-state index contributed by atoms with van der Waals surface area (Å²) in [6.45, 7) is 4.43. The van der Waals surface area contributed by atoms with E-state index in [1.54, 1.807) is 0 Å². The summed E-state index contributed by atoms with van der Waals surface area (Å²) in [5.41, 5.74) is 2.18. The Kier molecular flexibility index (Phi) is 3.39. The van der Waals surface area contributed by atoms with E-state index in [2.05, 4.69) is 28.4 Å². The van der Waals surface area contributed by atoms with Gasteiger partial charge >= 0.3 is 0 Å². The maximum atomic E-state index is 5.36. The first-order chi connectivity index (χ1) is 7.74. The lowest BCUT2D eigenvalue weighted by atomic mass is 10.1. The van der Waals surface area contributed by atoms with Crippen molar-refractivity contribution in [3.63, 3.8) is 0 Å². The van der Waals surface area contributed by atoms with E-state index < -0.39 is 0 Å². The van der Waals surface area contributed by atoms with Gasteiger partial charge < -0.3 is 9.55 Å². The molecule has 0 radical (unpaired) electrons. The van der Waals surface area contributed by atoms with Gasteiger partial charge in [0, 0.05) is 12.2 Å². The molecule has 2 rings (SSSR count). The number of unbranched alkanes of at least 4 members (excludes halogenated alkanes) is 1. The van der Waals surface area contributed by atoms with E-state index in [1.807, 2.05) is 18.5 Å². The van der Waals surface area contributed by atoms with Gasteiger partial charge in [-0.3, -0.25) is 4.98 Å². The van der Waals surface area contributed by atoms with Crippen molar-refractivity contribution < 1.29 is 0 Å². The van der Waals surface area contributed by atoms with Crippen molar-refractivity contribution in [3.8, 4) is 0 Å². The van der Waals surface area contributed by atoms with Gasteiger partial charge in [-0.1, -0.05) is 19.8 Å². The topological polar surface area (TPSA) is 33.6 Å². The summed E-state index contributed by atoms with van der Waals surface area (Å²) >= 11 is 5.36. The molecule has 0 fully saturated rings. The highest BCUT2D eigenvalue weighted by atomic mass is 32.1. The third-order valence-electron chi connectivity index (χ3n) is 2.93. The van der Waals surface area contributed by atoms with Gasteiger partial charge in [0.15, 0.2) is 4.77 Å². The molecule has 3 nitrogen and oxygen atoms in total. The Morgan fingerprint density at radius 2 is 2.38 bits per heavy atom. The quantitative estimate of drug-likeness (QED) is 0.817. The van der Waals surface area contributed by atoms with Gasteiger partial charge in [-0.2, -0.15) is 0 Å². The number of hydrogen-bond acceptors (Lipinski definition) is 2. The Morgan fingerprint density at radius 1 is 1.56 bits per heavy atom. The van der Waals surface area contributed by atoms with Crippen LogP contribution in [0.25, 0.3) is 11.0 Å². The monoisotopic (exact) mass is 235 g/mol. The Hall–Kier alpha value is -1.16. The maximum absolute atomic E-state index is 5.36. The van der Waals surface area contributed by atoms with E-state index in [0.29, 0.717) is 6.04 Å². The molecule has 0 bridgehead atoms. The predicted octanol–water partition coefficient (Wildman–Crippen LogP) is 3.85. The highest BCUT2D eigenvalue weighted by Gasteiger charge is 2.10. The van der Waals surface area contributed by atoms with Gasteiger partial charge in [-0.25, -0.2) is 0 Å². The molecule has 1 N–H and O–H groups in total. The van der Waals surface area contributed by atoms with Crippen LogP contribution in [-0.2, 0) is 0 Å². The highest BCUT2D eigenvalue weighted by molar-refractivity contribution is 7.71. The van der Waals surface area contributed by atoms with Crippen LogP contribution in [0.2, 0.25) is 0 Å². The predicted molar refractivity (Wildman–Crippen MR) is 69.2 cm³/mol. The van der Waals surface area contributed by atoms with Gasteiger partial charge in [0.05, 0.1) is 17.2 Å². The summed E-state index contributed by atoms with van der Waals surface area (Å²) < 4.78 is 2.99. The Bertz CT molecular complexity index is 526. The molecule has 0 saturated carbocycles. The number of pyridine rings is 1. The lowest BCUT2D eigenvalue weighted by Crippen LogP contribution is -2.04. The van der Waals surface area contributed by atoms with E-state index in [-0.39, 0.29) is 0 Å². The number of rotatable bonds is 4. The van der Waals surface area contributed by atoms with Crippen molar-refractivity contribution in [1.29, 1.82) is 0 Å². The van der Waals surface area contributed by atoms with Gasteiger partial charge in [0.1, 0.15) is 0 Å². The van der Waals surface area contributed by atoms with Crippen molar-refractivity contribution in [2.24, 2.45) is 0 Å². The van der Waals surface area contributed by atoms with Crippen molar-refractivity contribution in [2.75, 3.05) is 0 Å². The van der Waals surface area contributed by atoms with Gasteiger partial charge in [-0.15, -0.1) is 0 Å². The van der Waals surface area contributed by atoms with Crippen LogP contribution in [0.3, 0.4) is 0 Å². The number of fused-ring (bicyclic) bond motifs is 1. The smallest absolute Gasteiger partial charge is 0.178 e. The molecule has 0 amide bonds. The Labute approximate surface area is 101 Å². The molecule has 2 aromatic rings. The van der Waals surface area contributed by atoms with Crippen molar-refractivity contribution >= 4 is 23.3 Å². The van der Waals surface area contributed by atoms with Crippen molar-refractivity contribution in [1.82, 2.24) is 14.5 Å². The summed E-state index contributed by atoms with van der Waals surface area (Å²) in [7, 11) is 0. The Balaban J connectivity index is 2.43. The summed E-state index contributed by atoms with van der Waals surface area (Å²) in [5, 5.41) is 0. The fourth-order valence-corrected chi connectivity index (χ4v) is 2.43. The molecule has 1 atom stereocenters. The zero-order valence-corrected chi connectivity index (χ0v) is 10.5. The van der Waals surface area contributed by atoms with Crippen LogP contribution in [0, 0.1) is 4.77 Å². The van der Waals surface area contributed by atoms with Gasteiger partial charge in [0.25, 0.3) is 0 Å². The molecule has 0 saturated heterocycles. The standard InChI is InChI=1S/C12H17N3S/c1-3-4-5-9(2)15-11-6-7-13-8-10(11)14-12(15)16/h6-9H,3-5H2,1-2H3,(H,14,16). The molecule has 0 aromatic carbocycles. The second kappa shape index (κ2) is 4.78. The minimum absolute atomic E-state index is 0.448. The zero-order chi connectivity index (χ0) is 11.5. The molecule has 0 aliphatic carbocycles. The van der Waals surface area contributed by atoms with E-state index in [4.69, 9.17) is 12.2 Å². The lowest BCUT2D eigenvalue weighted by molar-refractivity contribution is 0.491. The molecule has 4 heteroatoms. The number of hydrogen-bond donors (Lipinski definition) is 1. The largest absolute Gasteiger partial charge is 0.329 e.